The van der Waals surface area contributed by atoms with Gasteiger partial charge in [0.25, 0.3) is 5.91 Å². The normalized spacial score (nSPS) is 17.9. The van der Waals surface area contributed by atoms with E-state index in [1.54, 1.807) is 17.4 Å². The molecule has 0 bridgehead atoms. The van der Waals surface area contributed by atoms with Gasteiger partial charge in [-0.3, -0.25) is 9.69 Å². The Morgan fingerprint density at radius 1 is 1.21 bits per heavy atom. The molecule has 3 aromatic rings. The summed E-state index contributed by atoms with van der Waals surface area (Å²) in [5.41, 5.74) is 3.33. The summed E-state index contributed by atoms with van der Waals surface area (Å²) in [7, 11) is 1.97. The summed E-state index contributed by atoms with van der Waals surface area (Å²) in [6.45, 7) is 2.76. The van der Waals surface area contributed by atoms with Gasteiger partial charge < -0.3 is 14.6 Å². The van der Waals surface area contributed by atoms with Gasteiger partial charge in [-0.05, 0) is 25.1 Å². The smallest absolute Gasteiger partial charge is 0.255 e. The van der Waals surface area contributed by atoms with Crippen LogP contribution in [-0.4, -0.2) is 74.7 Å². The Bertz CT molecular complexity index is 956. The molecule has 1 aliphatic rings. The summed E-state index contributed by atoms with van der Waals surface area (Å²) < 4.78 is 2.02. The Morgan fingerprint density at radius 2 is 2.04 bits per heavy atom. The zero-order chi connectivity index (χ0) is 19.5. The first-order valence-electron chi connectivity index (χ1n) is 9.61. The number of aliphatic hydroxyl groups is 1. The molecule has 7 nitrogen and oxygen atoms in total. The number of amides is 1. The Balaban J connectivity index is 1.48. The second-order valence-corrected chi connectivity index (χ2v) is 7.31. The highest BCUT2D eigenvalue weighted by Gasteiger charge is 2.27. The van der Waals surface area contributed by atoms with Gasteiger partial charge in [-0.2, -0.15) is 0 Å². The molecule has 7 heteroatoms. The summed E-state index contributed by atoms with van der Waals surface area (Å²) in [6, 6.07) is 12.1. The number of pyridine rings is 1. The van der Waals surface area contributed by atoms with E-state index in [0.717, 1.165) is 30.7 Å². The molecule has 0 aliphatic carbocycles. The minimum Gasteiger partial charge on any atom is -0.395 e. The van der Waals surface area contributed by atoms with E-state index in [4.69, 9.17) is 0 Å². The lowest BCUT2D eigenvalue weighted by molar-refractivity contribution is 0.0421. The van der Waals surface area contributed by atoms with Gasteiger partial charge in [0.2, 0.25) is 0 Å². The van der Waals surface area contributed by atoms with E-state index in [-0.39, 0.29) is 18.6 Å². The number of nitrogens with zero attached hydrogens (tertiary/aromatic N) is 5. The predicted octanol–water partition coefficient (Wildman–Crippen LogP) is 1.42. The summed E-state index contributed by atoms with van der Waals surface area (Å²) in [6.07, 6.45) is 4.32. The highest BCUT2D eigenvalue weighted by atomic mass is 16.3. The van der Waals surface area contributed by atoms with E-state index in [2.05, 4.69) is 27.0 Å². The van der Waals surface area contributed by atoms with E-state index in [1.165, 1.54) is 5.56 Å². The molecule has 146 valence electrons. The average molecular weight is 379 g/mol. The lowest BCUT2D eigenvalue weighted by atomic mass is 10.1. The van der Waals surface area contributed by atoms with Crippen molar-refractivity contribution in [3.63, 3.8) is 0 Å². The summed E-state index contributed by atoms with van der Waals surface area (Å²) in [5, 5.41) is 9.50. The van der Waals surface area contributed by atoms with E-state index >= 15 is 0 Å². The number of aromatic nitrogens is 3. The molecule has 0 saturated carbocycles. The highest BCUT2D eigenvalue weighted by molar-refractivity contribution is 5.96. The quantitative estimate of drug-likeness (QED) is 0.726. The zero-order valence-electron chi connectivity index (χ0n) is 16.0. The number of likely N-dealkylation sites (N-methyl/N-ethyl adjacent to an activating group) is 1. The Hall–Kier alpha value is -2.77. The van der Waals surface area contributed by atoms with Crippen molar-refractivity contribution in [1.29, 1.82) is 0 Å². The standard InChI is InChI=1S/C21H25N5O2/c1-24-9-10-25(13-18(24)14-27)21(28)17-11-19-20(22-12-17)26(15-23-19)8-7-16-5-3-2-4-6-16/h2-6,11-12,15,18,27H,7-10,13-14H2,1H3. The molecule has 1 atom stereocenters. The van der Waals surface area contributed by atoms with Gasteiger partial charge in [-0.25, -0.2) is 9.97 Å². The molecule has 28 heavy (non-hydrogen) atoms. The number of rotatable bonds is 5. The molecule has 1 unspecified atom stereocenters. The van der Waals surface area contributed by atoms with E-state index < -0.39 is 0 Å². The van der Waals surface area contributed by atoms with Gasteiger partial charge in [-0.15, -0.1) is 0 Å². The van der Waals surface area contributed by atoms with Crippen LogP contribution in [0, 0.1) is 0 Å². The van der Waals surface area contributed by atoms with Crippen molar-refractivity contribution in [1.82, 2.24) is 24.3 Å². The maximum atomic E-state index is 12.9. The van der Waals surface area contributed by atoms with Crippen molar-refractivity contribution in [2.45, 2.75) is 19.0 Å². The average Bonchev–Trinajstić information content (AvgIpc) is 3.15. The number of imidazole rings is 1. The molecule has 1 aromatic carbocycles. The first-order valence-corrected chi connectivity index (χ1v) is 9.61. The van der Waals surface area contributed by atoms with Gasteiger partial charge in [-0.1, -0.05) is 30.3 Å². The molecule has 1 aliphatic heterocycles. The number of carbonyl (C=O) groups is 1. The topological polar surface area (TPSA) is 74.5 Å². The van der Waals surface area contributed by atoms with Crippen LogP contribution in [0.15, 0.2) is 48.9 Å². The molecule has 1 N–H and O–H groups in total. The molecule has 4 rings (SSSR count). The number of hydrogen-bond donors (Lipinski definition) is 1. The van der Waals surface area contributed by atoms with Crippen LogP contribution in [0.3, 0.4) is 0 Å². The second kappa shape index (κ2) is 8.08. The predicted molar refractivity (Wildman–Crippen MR) is 107 cm³/mol. The van der Waals surface area contributed by atoms with Gasteiger partial charge in [0.05, 0.1) is 24.5 Å². The summed E-state index contributed by atoms with van der Waals surface area (Å²) >= 11 is 0. The van der Waals surface area contributed by atoms with Crippen LogP contribution in [0.5, 0.6) is 0 Å². The third-order valence-corrected chi connectivity index (χ3v) is 5.46. The zero-order valence-corrected chi connectivity index (χ0v) is 16.0. The highest BCUT2D eigenvalue weighted by Crippen LogP contribution is 2.16. The molecular formula is C21H25N5O2. The van der Waals surface area contributed by atoms with E-state index in [9.17, 15) is 9.90 Å². The molecule has 1 saturated heterocycles. The molecule has 0 spiro atoms. The Labute approximate surface area is 164 Å². The minimum absolute atomic E-state index is 0.0217. The number of carbonyl (C=O) groups excluding carboxylic acids is 1. The van der Waals surface area contributed by atoms with Crippen LogP contribution in [0.25, 0.3) is 11.2 Å². The maximum Gasteiger partial charge on any atom is 0.255 e. The fourth-order valence-corrected chi connectivity index (χ4v) is 3.63. The van der Waals surface area contributed by atoms with Gasteiger partial charge in [0.15, 0.2) is 5.65 Å². The van der Waals surface area contributed by atoms with Crippen molar-refractivity contribution >= 4 is 17.1 Å². The first-order chi connectivity index (χ1) is 13.7. The van der Waals surface area contributed by atoms with Crippen molar-refractivity contribution in [2.75, 3.05) is 33.3 Å². The van der Waals surface area contributed by atoms with Gasteiger partial charge in [0.1, 0.15) is 5.52 Å². The molecule has 1 fully saturated rings. The van der Waals surface area contributed by atoms with Crippen molar-refractivity contribution < 1.29 is 9.90 Å². The number of piperazine rings is 1. The third kappa shape index (κ3) is 3.76. The number of hydrogen-bond acceptors (Lipinski definition) is 5. The number of aryl methyl sites for hydroxylation is 2. The molecule has 0 radical (unpaired) electrons. The SMILES string of the molecule is CN1CCN(C(=O)c2cnc3c(c2)ncn3CCc2ccccc2)CC1CO. The minimum atomic E-state index is -0.0558. The molecule has 1 amide bonds. The van der Waals surface area contributed by atoms with Crippen LogP contribution in [0.4, 0.5) is 0 Å². The van der Waals surface area contributed by atoms with Crippen molar-refractivity contribution in [3.05, 3.63) is 60.0 Å². The van der Waals surface area contributed by atoms with Crippen LogP contribution < -0.4 is 0 Å². The van der Waals surface area contributed by atoms with Crippen LogP contribution in [0.1, 0.15) is 15.9 Å². The number of benzene rings is 1. The molecule has 2 aromatic heterocycles. The third-order valence-electron chi connectivity index (χ3n) is 5.46. The van der Waals surface area contributed by atoms with Crippen LogP contribution >= 0.6 is 0 Å². The first kappa shape index (κ1) is 18.6. The van der Waals surface area contributed by atoms with Gasteiger partial charge in [0, 0.05) is 32.4 Å². The fraction of sp³-hybridized carbons (Fsp3) is 0.381. The Morgan fingerprint density at radius 3 is 2.82 bits per heavy atom. The Kier molecular flexibility index (Phi) is 5.36. The lowest BCUT2D eigenvalue weighted by Crippen LogP contribution is -2.54. The molecular weight excluding hydrogens is 354 g/mol. The van der Waals surface area contributed by atoms with E-state index in [1.807, 2.05) is 35.9 Å². The second-order valence-electron chi connectivity index (χ2n) is 7.31. The van der Waals surface area contributed by atoms with Gasteiger partial charge >= 0.3 is 0 Å². The lowest BCUT2D eigenvalue weighted by Gasteiger charge is -2.38. The number of aliphatic hydroxyl groups excluding tert-OH is 1. The summed E-state index contributed by atoms with van der Waals surface area (Å²) in [4.78, 5) is 25.7. The van der Waals surface area contributed by atoms with Crippen molar-refractivity contribution in [3.8, 4) is 0 Å². The monoisotopic (exact) mass is 379 g/mol. The van der Waals surface area contributed by atoms with Crippen molar-refractivity contribution in [2.24, 2.45) is 0 Å². The molecule has 3 heterocycles. The van der Waals surface area contributed by atoms with E-state index in [0.29, 0.717) is 18.7 Å². The summed E-state index contributed by atoms with van der Waals surface area (Å²) in [5.74, 6) is -0.0558. The van der Waals surface area contributed by atoms with Crippen LogP contribution in [-0.2, 0) is 13.0 Å². The number of fused-ring (bicyclic) bond motifs is 1. The largest absolute Gasteiger partial charge is 0.395 e. The fourth-order valence-electron chi connectivity index (χ4n) is 3.63. The van der Waals surface area contributed by atoms with Crippen LogP contribution in [0.2, 0.25) is 0 Å². The maximum absolute atomic E-state index is 12.9.